The van der Waals surface area contributed by atoms with E-state index >= 15 is 0 Å². The maximum absolute atomic E-state index is 5.42. The van der Waals surface area contributed by atoms with Crippen LogP contribution in [-0.4, -0.2) is 54.3 Å². The van der Waals surface area contributed by atoms with Crippen LogP contribution in [0, 0.1) is 12.8 Å². The molecule has 0 atom stereocenters. The van der Waals surface area contributed by atoms with E-state index < -0.39 is 0 Å². The van der Waals surface area contributed by atoms with Gasteiger partial charge < -0.3 is 9.64 Å². The number of anilines is 1. The lowest BCUT2D eigenvalue weighted by atomic mass is 10.0. The number of aromatic nitrogens is 2. The zero-order chi connectivity index (χ0) is 15.5. The molecular weight excluding hydrogens is 276 g/mol. The average Bonchev–Trinajstić information content (AvgIpc) is 2.54. The summed E-state index contributed by atoms with van der Waals surface area (Å²) in [6, 6.07) is 0. The van der Waals surface area contributed by atoms with Crippen LogP contribution in [0.4, 0.5) is 5.95 Å². The van der Waals surface area contributed by atoms with Gasteiger partial charge in [0.15, 0.2) is 0 Å². The molecule has 122 valence electrons. The molecule has 1 aromatic heterocycles. The van der Waals surface area contributed by atoms with E-state index in [1.807, 2.05) is 0 Å². The zero-order valence-electron chi connectivity index (χ0n) is 14.1. The van der Waals surface area contributed by atoms with Crippen molar-refractivity contribution in [3.8, 4) is 0 Å². The summed E-state index contributed by atoms with van der Waals surface area (Å²) in [6.07, 6.45) is 2.31. The van der Waals surface area contributed by atoms with Gasteiger partial charge in [0, 0.05) is 43.9 Å². The Balaban J connectivity index is 1.72. The Bertz CT molecular complexity index is 512. The van der Waals surface area contributed by atoms with Crippen LogP contribution in [0.1, 0.15) is 37.2 Å². The van der Waals surface area contributed by atoms with E-state index in [0.29, 0.717) is 0 Å². The van der Waals surface area contributed by atoms with Crippen molar-refractivity contribution in [1.29, 1.82) is 0 Å². The van der Waals surface area contributed by atoms with Gasteiger partial charge in [-0.2, -0.15) is 0 Å². The maximum Gasteiger partial charge on any atom is 0.225 e. The number of fused-ring (bicyclic) bond motifs is 1. The lowest BCUT2D eigenvalue weighted by molar-refractivity contribution is 0.122. The molecule has 2 aliphatic rings. The Morgan fingerprint density at radius 3 is 2.64 bits per heavy atom. The fourth-order valence-electron chi connectivity index (χ4n) is 3.16. The largest absolute Gasteiger partial charge is 0.378 e. The number of aryl methyl sites for hydroxylation is 1. The highest BCUT2D eigenvalue weighted by molar-refractivity contribution is 5.38. The summed E-state index contributed by atoms with van der Waals surface area (Å²) in [5.74, 6) is 1.66. The van der Waals surface area contributed by atoms with Gasteiger partial charge in [-0.25, -0.2) is 9.97 Å². The van der Waals surface area contributed by atoms with Crippen LogP contribution in [0.2, 0.25) is 0 Å². The monoisotopic (exact) mass is 304 g/mol. The van der Waals surface area contributed by atoms with Crippen molar-refractivity contribution in [2.75, 3.05) is 44.3 Å². The van der Waals surface area contributed by atoms with E-state index in [1.54, 1.807) is 0 Å². The number of nitrogens with zero attached hydrogens (tertiary/aromatic N) is 4. The molecule has 0 aliphatic carbocycles. The summed E-state index contributed by atoms with van der Waals surface area (Å²) in [4.78, 5) is 14.4. The SMILES string of the molecule is Cc1nc(N2CCOCC2)nc2c1CN(CCC(C)C)CC2. The van der Waals surface area contributed by atoms with Crippen molar-refractivity contribution in [1.82, 2.24) is 14.9 Å². The van der Waals surface area contributed by atoms with Gasteiger partial charge in [0.25, 0.3) is 0 Å². The predicted octanol–water partition coefficient (Wildman–Crippen LogP) is 2.03. The van der Waals surface area contributed by atoms with Gasteiger partial charge in [-0.1, -0.05) is 13.8 Å². The highest BCUT2D eigenvalue weighted by Crippen LogP contribution is 2.23. The number of hydrogen-bond donors (Lipinski definition) is 0. The fraction of sp³-hybridized carbons (Fsp3) is 0.765. The standard InChI is InChI=1S/C17H28N4O/c1-13(2)4-6-20-7-5-16-15(12-20)14(3)18-17(19-16)21-8-10-22-11-9-21/h13H,4-12H2,1-3H3. The van der Waals surface area contributed by atoms with E-state index in [9.17, 15) is 0 Å². The second-order valence-electron chi connectivity index (χ2n) is 6.84. The van der Waals surface area contributed by atoms with Gasteiger partial charge >= 0.3 is 0 Å². The van der Waals surface area contributed by atoms with Crippen LogP contribution >= 0.6 is 0 Å². The third kappa shape index (κ3) is 3.58. The fourth-order valence-corrected chi connectivity index (χ4v) is 3.16. The molecule has 0 N–H and O–H groups in total. The second kappa shape index (κ2) is 6.92. The van der Waals surface area contributed by atoms with Crippen molar-refractivity contribution in [2.24, 2.45) is 5.92 Å². The second-order valence-corrected chi connectivity index (χ2v) is 6.84. The summed E-state index contributed by atoms with van der Waals surface area (Å²) in [5.41, 5.74) is 3.77. The van der Waals surface area contributed by atoms with Gasteiger partial charge in [-0.15, -0.1) is 0 Å². The van der Waals surface area contributed by atoms with Gasteiger partial charge in [-0.3, -0.25) is 4.90 Å². The topological polar surface area (TPSA) is 41.5 Å². The molecule has 1 fully saturated rings. The first-order valence-electron chi connectivity index (χ1n) is 8.55. The molecule has 5 heteroatoms. The summed E-state index contributed by atoms with van der Waals surface area (Å²) < 4.78 is 5.42. The zero-order valence-corrected chi connectivity index (χ0v) is 14.1. The highest BCUT2D eigenvalue weighted by atomic mass is 16.5. The third-order valence-corrected chi connectivity index (χ3v) is 4.65. The minimum atomic E-state index is 0.766. The minimum Gasteiger partial charge on any atom is -0.378 e. The van der Waals surface area contributed by atoms with Crippen LogP contribution in [0.5, 0.6) is 0 Å². The molecule has 0 amide bonds. The molecule has 3 rings (SSSR count). The Morgan fingerprint density at radius 2 is 1.91 bits per heavy atom. The van der Waals surface area contributed by atoms with Gasteiger partial charge in [0.05, 0.1) is 18.9 Å². The van der Waals surface area contributed by atoms with Gasteiger partial charge in [0.2, 0.25) is 5.95 Å². The van der Waals surface area contributed by atoms with Crippen molar-refractivity contribution in [3.05, 3.63) is 17.0 Å². The van der Waals surface area contributed by atoms with E-state index in [0.717, 1.165) is 63.4 Å². The minimum absolute atomic E-state index is 0.766. The molecule has 5 nitrogen and oxygen atoms in total. The van der Waals surface area contributed by atoms with Gasteiger partial charge in [-0.05, 0) is 25.8 Å². The molecule has 0 aromatic carbocycles. The number of morpholine rings is 1. The van der Waals surface area contributed by atoms with Crippen LogP contribution in [0.25, 0.3) is 0 Å². The average molecular weight is 304 g/mol. The third-order valence-electron chi connectivity index (χ3n) is 4.65. The first kappa shape index (κ1) is 15.7. The molecular formula is C17H28N4O. The smallest absolute Gasteiger partial charge is 0.225 e. The van der Waals surface area contributed by atoms with E-state index in [-0.39, 0.29) is 0 Å². The summed E-state index contributed by atoms with van der Waals surface area (Å²) in [5, 5.41) is 0. The van der Waals surface area contributed by atoms with Crippen LogP contribution < -0.4 is 4.90 Å². The molecule has 0 spiro atoms. The predicted molar refractivity (Wildman–Crippen MR) is 88.2 cm³/mol. The van der Waals surface area contributed by atoms with Crippen LogP contribution in [0.3, 0.4) is 0 Å². The lowest BCUT2D eigenvalue weighted by Crippen LogP contribution is -2.39. The number of hydrogen-bond acceptors (Lipinski definition) is 5. The molecule has 0 bridgehead atoms. The summed E-state index contributed by atoms with van der Waals surface area (Å²) in [7, 11) is 0. The Kier molecular flexibility index (Phi) is 4.93. The van der Waals surface area contributed by atoms with Crippen LogP contribution in [0.15, 0.2) is 0 Å². The summed E-state index contributed by atoms with van der Waals surface area (Å²) in [6.45, 7) is 13.4. The molecule has 1 aromatic rings. The Hall–Kier alpha value is -1.20. The molecule has 0 radical (unpaired) electrons. The first-order valence-corrected chi connectivity index (χ1v) is 8.55. The van der Waals surface area contributed by atoms with Crippen molar-refractivity contribution in [3.63, 3.8) is 0 Å². The Labute approximate surface area is 133 Å². The molecule has 22 heavy (non-hydrogen) atoms. The molecule has 3 heterocycles. The van der Waals surface area contributed by atoms with Crippen LogP contribution in [-0.2, 0) is 17.7 Å². The van der Waals surface area contributed by atoms with Crippen molar-refractivity contribution >= 4 is 5.95 Å². The highest BCUT2D eigenvalue weighted by Gasteiger charge is 2.23. The van der Waals surface area contributed by atoms with Gasteiger partial charge in [0.1, 0.15) is 0 Å². The lowest BCUT2D eigenvalue weighted by Gasteiger charge is -2.32. The van der Waals surface area contributed by atoms with Crippen molar-refractivity contribution < 1.29 is 4.74 Å². The summed E-state index contributed by atoms with van der Waals surface area (Å²) >= 11 is 0. The van der Waals surface area contributed by atoms with E-state index in [4.69, 9.17) is 14.7 Å². The Morgan fingerprint density at radius 1 is 1.14 bits per heavy atom. The van der Waals surface area contributed by atoms with E-state index in [1.165, 1.54) is 24.2 Å². The quantitative estimate of drug-likeness (QED) is 0.851. The molecule has 0 saturated carbocycles. The molecule has 1 saturated heterocycles. The van der Waals surface area contributed by atoms with E-state index in [2.05, 4.69) is 30.6 Å². The van der Waals surface area contributed by atoms with Crippen molar-refractivity contribution in [2.45, 2.75) is 40.2 Å². The number of ether oxygens (including phenoxy) is 1. The number of rotatable bonds is 4. The molecule has 0 unspecified atom stereocenters. The normalized spacial score (nSPS) is 19.5. The molecule has 2 aliphatic heterocycles. The maximum atomic E-state index is 5.42. The first-order chi connectivity index (χ1) is 10.6.